The van der Waals surface area contributed by atoms with Crippen molar-refractivity contribution in [3.63, 3.8) is 0 Å². The Kier molecular flexibility index (Phi) is 16.7. The zero-order valence-corrected chi connectivity index (χ0v) is 29.4. The minimum Gasteiger partial charge on any atom is -0.462 e. The van der Waals surface area contributed by atoms with Gasteiger partial charge in [0.05, 0.1) is 38.8 Å². The van der Waals surface area contributed by atoms with Gasteiger partial charge in [-0.2, -0.15) is 0 Å². The Morgan fingerprint density at radius 1 is 0.578 bits per heavy atom. The van der Waals surface area contributed by atoms with E-state index in [9.17, 15) is 38.4 Å². The van der Waals surface area contributed by atoms with E-state index in [0.29, 0.717) is 0 Å². The van der Waals surface area contributed by atoms with Crippen molar-refractivity contribution in [3.8, 4) is 0 Å². The molecular weight excluding hydrogens is 802 g/mol. The minimum atomic E-state index is -1.07. The summed E-state index contributed by atoms with van der Waals surface area (Å²) in [7, 11) is 0. The predicted molar refractivity (Wildman–Crippen MR) is 164 cm³/mol. The van der Waals surface area contributed by atoms with E-state index in [0.717, 1.165) is 34.6 Å². The summed E-state index contributed by atoms with van der Waals surface area (Å²) in [5.41, 5.74) is -0.535. The highest BCUT2D eigenvalue weighted by molar-refractivity contribution is 9.11. The quantitative estimate of drug-likeness (QED) is 0.170. The number of ether oxygens (including phenoxy) is 5. The van der Waals surface area contributed by atoms with Crippen LogP contribution in [0, 0.1) is 0 Å². The molecule has 0 bridgehead atoms. The molecule has 19 heteroatoms. The summed E-state index contributed by atoms with van der Waals surface area (Å²) in [6.07, 6.45) is -2.13. The fraction of sp³-hybridized carbons (Fsp3) is 0.462. The maximum absolute atomic E-state index is 13.4. The van der Waals surface area contributed by atoms with Gasteiger partial charge in [-0.15, -0.1) is 0 Å². The molecule has 1 aromatic rings. The highest BCUT2D eigenvalue weighted by atomic mass is 79.9. The van der Waals surface area contributed by atoms with Crippen LogP contribution in [0.25, 0.3) is 0 Å². The van der Waals surface area contributed by atoms with Gasteiger partial charge in [-0.05, 0) is 47.8 Å². The number of rotatable bonds is 15. The topological polar surface area (TPSA) is 219 Å². The van der Waals surface area contributed by atoms with Gasteiger partial charge < -0.3 is 39.6 Å². The molecule has 0 saturated carbocycles. The van der Waals surface area contributed by atoms with Gasteiger partial charge >= 0.3 is 29.8 Å². The number of amides is 3. The van der Waals surface area contributed by atoms with Crippen molar-refractivity contribution < 1.29 is 62.0 Å². The van der Waals surface area contributed by atoms with Crippen LogP contribution < -0.4 is 16.0 Å². The second kappa shape index (κ2) is 19.1. The third kappa shape index (κ3) is 13.9. The van der Waals surface area contributed by atoms with E-state index < -0.39 is 66.4 Å². The molecule has 3 N–H and O–H groups in total. The number of carbonyl (C=O) groups is 8. The van der Waals surface area contributed by atoms with Crippen LogP contribution in [-0.4, -0.2) is 92.7 Å². The molecule has 1 rings (SSSR count). The Labute approximate surface area is 282 Å². The Bertz CT molecular complexity index is 1270. The fourth-order valence-electron chi connectivity index (χ4n) is 3.26. The molecule has 16 nitrogen and oxygen atoms in total. The standard InChI is InChI=1S/C26H30Br3N3O13/c1-11(33)41-8-16(44-14(4)36)6-30-25(39)19-21(27)20(23(29)24(22(19)28)32-18(38)10-43-13(3)35)26(40)31-7-17(45-15(5)37)9-42-12(2)34/h16-17H,6-10H2,1-5H3,(H,30,39)(H,31,40)(H,32,38). The summed E-state index contributed by atoms with van der Waals surface area (Å²) in [4.78, 5) is 96.0. The Balaban J connectivity index is 3.51. The lowest BCUT2D eigenvalue weighted by molar-refractivity contribution is -0.155. The third-order valence-corrected chi connectivity index (χ3v) is 7.41. The Morgan fingerprint density at radius 2 is 0.956 bits per heavy atom. The molecule has 1 aromatic carbocycles. The van der Waals surface area contributed by atoms with Gasteiger partial charge in [-0.25, -0.2) is 0 Å². The summed E-state index contributed by atoms with van der Waals surface area (Å²) >= 11 is 9.78. The van der Waals surface area contributed by atoms with Crippen LogP contribution in [0.15, 0.2) is 13.4 Å². The third-order valence-electron chi connectivity index (χ3n) is 5.03. The average molecular weight is 832 g/mol. The van der Waals surface area contributed by atoms with Crippen molar-refractivity contribution in [2.24, 2.45) is 0 Å². The molecular formula is C26H30Br3N3O13. The minimum absolute atomic E-state index is 0.0249. The van der Waals surface area contributed by atoms with E-state index in [2.05, 4.69) is 63.7 Å². The second-order valence-electron chi connectivity index (χ2n) is 8.88. The molecule has 2 unspecified atom stereocenters. The first-order valence-electron chi connectivity index (χ1n) is 12.8. The SMILES string of the molecule is CC(=O)OCC(=O)Nc1c(Br)c(C(=O)NCC(COC(C)=O)OC(C)=O)c(Br)c(C(=O)NCC(COC(C)=O)OC(C)=O)c1Br. The fourth-order valence-corrected chi connectivity index (χ4v) is 6.17. The van der Waals surface area contributed by atoms with Gasteiger partial charge in [-0.1, -0.05) is 0 Å². The number of carbonyl (C=O) groups excluding carboxylic acids is 8. The number of benzene rings is 1. The largest absolute Gasteiger partial charge is 0.462 e. The molecule has 0 aliphatic heterocycles. The normalized spacial score (nSPS) is 11.6. The summed E-state index contributed by atoms with van der Waals surface area (Å²) in [5.74, 6) is -5.92. The molecule has 0 saturated heterocycles. The van der Waals surface area contributed by atoms with Crippen LogP contribution in [0.1, 0.15) is 55.3 Å². The van der Waals surface area contributed by atoms with E-state index in [1.807, 2.05) is 0 Å². The average Bonchev–Trinajstić information content (AvgIpc) is 2.92. The molecule has 0 aromatic heterocycles. The number of esters is 5. The van der Waals surface area contributed by atoms with E-state index in [-0.39, 0.29) is 56.5 Å². The molecule has 2 atom stereocenters. The molecule has 0 spiro atoms. The van der Waals surface area contributed by atoms with E-state index >= 15 is 0 Å². The molecule has 0 radical (unpaired) electrons. The first kappa shape index (κ1) is 39.4. The van der Waals surface area contributed by atoms with Gasteiger partial charge in [-0.3, -0.25) is 38.4 Å². The summed E-state index contributed by atoms with van der Waals surface area (Å²) < 4.78 is 24.5. The second-order valence-corrected chi connectivity index (χ2v) is 11.3. The molecule has 0 aliphatic rings. The number of hydrogen-bond acceptors (Lipinski definition) is 13. The monoisotopic (exact) mass is 829 g/mol. The van der Waals surface area contributed by atoms with Crippen molar-refractivity contribution in [3.05, 3.63) is 24.5 Å². The highest BCUT2D eigenvalue weighted by Crippen LogP contribution is 2.42. The van der Waals surface area contributed by atoms with Gasteiger partial charge in [0.1, 0.15) is 13.2 Å². The lowest BCUT2D eigenvalue weighted by Crippen LogP contribution is -2.39. The van der Waals surface area contributed by atoms with Crippen molar-refractivity contribution in [2.75, 3.05) is 38.2 Å². The van der Waals surface area contributed by atoms with Crippen LogP contribution in [0.4, 0.5) is 5.69 Å². The summed E-state index contributed by atoms with van der Waals surface area (Å²) in [6.45, 7) is 3.58. The number of nitrogens with one attached hydrogen (secondary N) is 3. The van der Waals surface area contributed by atoms with Crippen molar-refractivity contribution >= 4 is 101 Å². The van der Waals surface area contributed by atoms with Crippen LogP contribution in [-0.2, 0) is 52.5 Å². The number of hydrogen-bond donors (Lipinski definition) is 3. The number of halogens is 3. The van der Waals surface area contributed by atoms with Crippen molar-refractivity contribution in [1.82, 2.24) is 10.6 Å². The highest BCUT2D eigenvalue weighted by Gasteiger charge is 2.30. The Morgan fingerprint density at radius 3 is 1.29 bits per heavy atom. The molecule has 3 amide bonds. The van der Waals surface area contributed by atoms with E-state index in [4.69, 9.17) is 23.7 Å². The predicted octanol–water partition coefficient (Wildman–Crippen LogP) is 1.92. The molecule has 0 heterocycles. The van der Waals surface area contributed by atoms with Crippen LogP contribution >= 0.6 is 47.8 Å². The molecule has 0 fully saturated rings. The van der Waals surface area contributed by atoms with Crippen molar-refractivity contribution in [2.45, 2.75) is 46.8 Å². The maximum atomic E-state index is 13.4. The zero-order valence-electron chi connectivity index (χ0n) is 24.6. The first-order chi connectivity index (χ1) is 20.9. The van der Waals surface area contributed by atoms with Crippen molar-refractivity contribution in [1.29, 1.82) is 0 Å². The molecule has 0 aliphatic carbocycles. The van der Waals surface area contributed by atoms with Crippen LogP contribution in [0.5, 0.6) is 0 Å². The molecule has 248 valence electrons. The molecule has 45 heavy (non-hydrogen) atoms. The summed E-state index contributed by atoms with van der Waals surface area (Å²) in [5, 5.41) is 7.48. The first-order valence-corrected chi connectivity index (χ1v) is 15.1. The van der Waals surface area contributed by atoms with Gasteiger partial charge in [0.25, 0.3) is 17.7 Å². The van der Waals surface area contributed by atoms with Crippen LogP contribution in [0.3, 0.4) is 0 Å². The zero-order chi connectivity index (χ0) is 34.4. The van der Waals surface area contributed by atoms with E-state index in [1.54, 1.807) is 0 Å². The van der Waals surface area contributed by atoms with E-state index in [1.165, 1.54) is 0 Å². The van der Waals surface area contributed by atoms with Crippen LogP contribution in [0.2, 0.25) is 0 Å². The lowest BCUT2D eigenvalue weighted by atomic mass is 10.1. The van der Waals surface area contributed by atoms with Gasteiger partial charge in [0.2, 0.25) is 0 Å². The smallest absolute Gasteiger partial charge is 0.303 e. The Hall–Kier alpha value is -3.58. The van der Waals surface area contributed by atoms with Gasteiger partial charge in [0, 0.05) is 39.1 Å². The maximum Gasteiger partial charge on any atom is 0.303 e. The number of anilines is 1. The van der Waals surface area contributed by atoms with Gasteiger partial charge in [0.15, 0.2) is 18.8 Å². The lowest BCUT2D eigenvalue weighted by Gasteiger charge is -2.22. The summed E-state index contributed by atoms with van der Waals surface area (Å²) in [6, 6.07) is 0.